The smallest absolute Gasteiger partial charge is 0.124 e. The predicted octanol–water partition coefficient (Wildman–Crippen LogP) is 3.62. The lowest BCUT2D eigenvalue weighted by atomic mass is 10.3. The molecular weight excluding hydrogens is 259 g/mol. The van der Waals surface area contributed by atoms with Crippen LogP contribution in [0.3, 0.4) is 0 Å². The summed E-state index contributed by atoms with van der Waals surface area (Å²) in [5.41, 5.74) is 1.19. The average molecular weight is 274 g/mol. The summed E-state index contributed by atoms with van der Waals surface area (Å²) in [6.07, 6.45) is 4.47. The zero-order valence-corrected chi connectivity index (χ0v) is 11.3. The van der Waals surface area contributed by atoms with Crippen molar-refractivity contribution >= 4 is 11.8 Å². The number of nitrogens with one attached hydrogen (secondary N) is 1. The van der Waals surface area contributed by atoms with Gasteiger partial charge in [-0.3, -0.25) is 0 Å². The lowest BCUT2D eigenvalue weighted by Gasteiger charge is -2.04. The molecule has 3 rings (SSSR count). The molecule has 19 heavy (non-hydrogen) atoms. The van der Waals surface area contributed by atoms with Gasteiger partial charge in [0.1, 0.15) is 10.8 Å². The zero-order valence-electron chi connectivity index (χ0n) is 10.5. The lowest BCUT2D eigenvalue weighted by molar-refractivity contribution is 0.624. The normalized spacial score (nSPS) is 14.6. The Kier molecular flexibility index (Phi) is 3.80. The summed E-state index contributed by atoms with van der Waals surface area (Å²) < 4.78 is 13.1. The molecule has 0 aliphatic heterocycles. The van der Waals surface area contributed by atoms with Crippen LogP contribution in [0.5, 0.6) is 0 Å². The van der Waals surface area contributed by atoms with Gasteiger partial charge in [-0.1, -0.05) is 23.9 Å². The standard InChI is InChI=1S/C15H15FN2S/c16-12-2-1-3-14(8-12)19-15-7-4-11(10-18-15)9-17-13-5-6-13/h1-4,7-8,10,13,17H,5-6,9H2. The van der Waals surface area contributed by atoms with Crippen LogP contribution in [0, 0.1) is 5.82 Å². The highest BCUT2D eigenvalue weighted by molar-refractivity contribution is 7.99. The van der Waals surface area contributed by atoms with E-state index in [9.17, 15) is 4.39 Å². The molecule has 2 aromatic rings. The fourth-order valence-corrected chi connectivity index (χ4v) is 2.58. The van der Waals surface area contributed by atoms with E-state index in [4.69, 9.17) is 0 Å². The number of rotatable bonds is 5. The Labute approximate surface area is 116 Å². The number of benzene rings is 1. The molecule has 4 heteroatoms. The Hall–Kier alpha value is -1.39. The van der Waals surface area contributed by atoms with Gasteiger partial charge in [-0.05, 0) is 42.7 Å². The van der Waals surface area contributed by atoms with E-state index < -0.39 is 0 Å². The third kappa shape index (κ3) is 3.78. The van der Waals surface area contributed by atoms with Crippen LogP contribution in [0.25, 0.3) is 0 Å². The first-order valence-corrected chi connectivity index (χ1v) is 7.23. The minimum Gasteiger partial charge on any atom is -0.310 e. The van der Waals surface area contributed by atoms with E-state index >= 15 is 0 Å². The van der Waals surface area contributed by atoms with Crippen molar-refractivity contribution in [2.24, 2.45) is 0 Å². The fourth-order valence-electron chi connectivity index (χ4n) is 1.78. The quantitative estimate of drug-likeness (QED) is 0.901. The average Bonchev–Trinajstić information content (AvgIpc) is 3.22. The van der Waals surface area contributed by atoms with Crippen LogP contribution in [0.15, 0.2) is 52.5 Å². The Morgan fingerprint density at radius 1 is 1.26 bits per heavy atom. The molecule has 2 nitrogen and oxygen atoms in total. The molecule has 0 radical (unpaired) electrons. The van der Waals surface area contributed by atoms with Crippen molar-refractivity contribution in [2.75, 3.05) is 0 Å². The van der Waals surface area contributed by atoms with Crippen molar-refractivity contribution in [1.82, 2.24) is 10.3 Å². The highest BCUT2D eigenvalue weighted by Gasteiger charge is 2.19. The van der Waals surface area contributed by atoms with E-state index in [2.05, 4.69) is 16.4 Å². The monoisotopic (exact) mass is 274 g/mol. The third-order valence-electron chi connectivity index (χ3n) is 2.99. The second-order valence-corrected chi connectivity index (χ2v) is 5.81. The van der Waals surface area contributed by atoms with Crippen molar-refractivity contribution in [3.05, 3.63) is 54.0 Å². The fraction of sp³-hybridized carbons (Fsp3) is 0.267. The van der Waals surface area contributed by atoms with Crippen molar-refractivity contribution in [1.29, 1.82) is 0 Å². The van der Waals surface area contributed by atoms with Crippen LogP contribution in [0.4, 0.5) is 4.39 Å². The summed E-state index contributed by atoms with van der Waals surface area (Å²) in [6, 6.07) is 11.3. The van der Waals surface area contributed by atoms with Gasteiger partial charge in [0.25, 0.3) is 0 Å². The van der Waals surface area contributed by atoms with E-state index in [1.165, 1.54) is 42.3 Å². The number of halogens is 1. The van der Waals surface area contributed by atoms with Gasteiger partial charge in [-0.15, -0.1) is 0 Å². The van der Waals surface area contributed by atoms with Crippen LogP contribution < -0.4 is 5.32 Å². The summed E-state index contributed by atoms with van der Waals surface area (Å²) >= 11 is 1.48. The first kappa shape index (κ1) is 12.6. The van der Waals surface area contributed by atoms with Crippen LogP contribution >= 0.6 is 11.8 Å². The van der Waals surface area contributed by atoms with Gasteiger partial charge in [-0.2, -0.15) is 0 Å². The summed E-state index contributed by atoms with van der Waals surface area (Å²) in [6.45, 7) is 0.878. The van der Waals surface area contributed by atoms with Crippen molar-refractivity contribution in [3.8, 4) is 0 Å². The maximum absolute atomic E-state index is 13.1. The van der Waals surface area contributed by atoms with Gasteiger partial charge >= 0.3 is 0 Å². The second-order valence-electron chi connectivity index (χ2n) is 4.72. The molecule has 1 heterocycles. The molecule has 0 unspecified atom stereocenters. The minimum absolute atomic E-state index is 0.213. The number of hydrogen-bond acceptors (Lipinski definition) is 3. The van der Waals surface area contributed by atoms with E-state index in [1.54, 1.807) is 6.07 Å². The lowest BCUT2D eigenvalue weighted by Crippen LogP contribution is -2.15. The largest absolute Gasteiger partial charge is 0.310 e. The molecule has 0 atom stereocenters. The van der Waals surface area contributed by atoms with Gasteiger partial charge in [0.05, 0.1) is 0 Å². The van der Waals surface area contributed by atoms with Gasteiger partial charge < -0.3 is 5.32 Å². The summed E-state index contributed by atoms with van der Waals surface area (Å²) in [5.74, 6) is -0.213. The Morgan fingerprint density at radius 3 is 2.84 bits per heavy atom. The summed E-state index contributed by atoms with van der Waals surface area (Å²) in [5, 5.41) is 4.34. The Bertz CT molecular complexity index is 552. The molecule has 1 aromatic heterocycles. The molecule has 0 spiro atoms. The molecule has 1 aliphatic rings. The third-order valence-corrected chi connectivity index (χ3v) is 3.93. The topological polar surface area (TPSA) is 24.9 Å². The van der Waals surface area contributed by atoms with Crippen LogP contribution in [0.1, 0.15) is 18.4 Å². The van der Waals surface area contributed by atoms with Crippen molar-refractivity contribution in [3.63, 3.8) is 0 Å². The maximum Gasteiger partial charge on any atom is 0.124 e. The van der Waals surface area contributed by atoms with E-state index in [0.29, 0.717) is 6.04 Å². The zero-order chi connectivity index (χ0) is 13.1. The predicted molar refractivity (Wildman–Crippen MR) is 74.6 cm³/mol. The van der Waals surface area contributed by atoms with Gasteiger partial charge in [-0.25, -0.2) is 9.37 Å². The van der Waals surface area contributed by atoms with E-state index in [1.807, 2.05) is 18.3 Å². The second kappa shape index (κ2) is 5.72. The number of nitrogens with zero attached hydrogens (tertiary/aromatic N) is 1. The van der Waals surface area contributed by atoms with Gasteiger partial charge in [0.15, 0.2) is 0 Å². The Balaban J connectivity index is 1.61. The molecule has 1 aromatic carbocycles. The van der Waals surface area contributed by atoms with Gasteiger partial charge in [0, 0.05) is 23.7 Å². The first-order chi connectivity index (χ1) is 9.29. The molecule has 0 saturated heterocycles. The molecule has 0 bridgehead atoms. The number of pyridine rings is 1. The Morgan fingerprint density at radius 2 is 2.16 bits per heavy atom. The highest BCUT2D eigenvalue weighted by Crippen LogP contribution is 2.26. The molecule has 1 N–H and O–H groups in total. The number of hydrogen-bond donors (Lipinski definition) is 1. The van der Waals surface area contributed by atoms with Crippen LogP contribution in [-0.2, 0) is 6.54 Å². The van der Waals surface area contributed by atoms with Crippen LogP contribution in [0.2, 0.25) is 0 Å². The van der Waals surface area contributed by atoms with Crippen molar-refractivity contribution < 1.29 is 4.39 Å². The molecular formula is C15H15FN2S. The summed E-state index contributed by atoms with van der Waals surface area (Å²) in [4.78, 5) is 5.27. The first-order valence-electron chi connectivity index (χ1n) is 6.41. The molecule has 1 aliphatic carbocycles. The van der Waals surface area contributed by atoms with Crippen LogP contribution in [-0.4, -0.2) is 11.0 Å². The molecule has 98 valence electrons. The maximum atomic E-state index is 13.1. The van der Waals surface area contributed by atoms with Crippen molar-refractivity contribution in [2.45, 2.75) is 35.3 Å². The molecule has 0 amide bonds. The summed E-state index contributed by atoms with van der Waals surface area (Å²) in [7, 11) is 0. The minimum atomic E-state index is -0.213. The van der Waals surface area contributed by atoms with Gasteiger partial charge in [0.2, 0.25) is 0 Å². The molecule has 1 saturated carbocycles. The molecule has 1 fully saturated rings. The SMILES string of the molecule is Fc1cccc(Sc2ccc(CNC3CC3)cn2)c1. The number of aromatic nitrogens is 1. The van der Waals surface area contributed by atoms with E-state index in [0.717, 1.165) is 16.5 Å². The van der Waals surface area contributed by atoms with E-state index in [-0.39, 0.29) is 5.82 Å². The highest BCUT2D eigenvalue weighted by atomic mass is 32.2.